The van der Waals surface area contributed by atoms with E-state index in [9.17, 15) is 19.5 Å². The molecule has 1 aliphatic heterocycles. The molecule has 2 atom stereocenters. The van der Waals surface area contributed by atoms with Crippen LogP contribution in [0.15, 0.2) is 18.3 Å². The van der Waals surface area contributed by atoms with Gasteiger partial charge in [0.25, 0.3) is 11.8 Å². The van der Waals surface area contributed by atoms with E-state index in [0.29, 0.717) is 12.1 Å². The second-order valence-corrected chi connectivity index (χ2v) is 7.31. The van der Waals surface area contributed by atoms with Crippen LogP contribution in [0.25, 0.3) is 0 Å². The highest BCUT2D eigenvalue weighted by molar-refractivity contribution is 5.96. The van der Waals surface area contributed by atoms with Gasteiger partial charge in [0.05, 0.1) is 12.0 Å². The molecule has 2 N–H and O–H groups in total. The number of fused-ring (bicyclic) bond motifs is 1. The molecule has 7 heteroatoms. The zero-order valence-corrected chi connectivity index (χ0v) is 15.0. The quantitative estimate of drug-likeness (QED) is 0.857. The van der Waals surface area contributed by atoms with E-state index in [1.807, 2.05) is 4.90 Å². The molecular weight excluding hydrogens is 334 g/mol. The molecule has 2 amide bonds. The molecule has 1 aliphatic carbocycles. The highest BCUT2D eigenvalue weighted by Crippen LogP contribution is 2.48. The fraction of sp³-hybridized carbons (Fsp3) is 0.579. The summed E-state index contributed by atoms with van der Waals surface area (Å²) in [5.41, 5.74) is 0.392. The van der Waals surface area contributed by atoms with Gasteiger partial charge in [-0.25, -0.2) is 0 Å². The van der Waals surface area contributed by atoms with Crippen molar-refractivity contribution in [1.29, 1.82) is 0 Å². The Hall–Kier alpha value is -2.44. The van der Waals surface area contributed by atoms with Crippen LogP contribution in [0.4, 0.5) is 0 Å². The number of rotatable bonds is 4. The highest BCUT2D eigenvalue weighted by atomic mass is 16.4. The zero-order valence-electron chi connectivity index (χ0n) is 15.0. The van der Waals surface area contributed by atoms with Crippen LogP contribution in [0.2, 0.25) is 0 Å². The number of piperidine rings is 1. The van der Waals surface area contributed by atoms with Crippen molar-refractivity contribution in [2.45, 2.75) is 51.0 Å². The van der Waals surface area contributed by atoms with Crippen molar-refractivity contribution < 1.29 is 19.5 Å². The van der Waals surface area contributed by atoms with Gasteiger partial charge in [-0.3, -0.25) is 19.4 Å². The molecule has 2 heterocycles. The first-order chi connectivity index (χ1) is 12.5. The molecule has 2 aliphatic rings. The lowest BCUT2D eigenvalue weighted by molar-refractivity contribution is -0.143. The van der Waals surface area contributed by atoms with Crippen LogP contribution in [-0.2, 0) is 4.79 Å². The van der Waals surface area contributed by atoms with Crippen molar-refractivity contribution in [3.8, 4) is 0 Å². The molecule has 140 valence electrons. The minimum atomic E-state index is -0.789. The van der Waals surface area contributed by atoms with E-state index in [2.05, 4.69) is 10.3 Å². The Labute approximate surface area is 152 Å². The summed E-state index contributed by atoms with van der Waals surface area (Å²) in [4.78, 5) is 42.0. The third-order valence-corrected chi connectivity index (χ3v) is 5.79. The van der Waals surface area contributed by atoms with Crippen molar-refractivity contribution in [2.24, 2.45) is 5.41 Å². The second-order valence-electron chi connectivity index (χ2n) is 7.31. The summed E-state index contributed by atoms with van der Waals surface area (Å²) in [6.07, 6.45) is 6.99. The number of carbonyl (C=O) groups is 3. The maximum Gasteiger partial charge on any atom is 0.303 e. The molecule has 1 saturated carbocycles. The summed E-state index contributed by atoms with van der Waals surface area (Å²) in [7, 11) is 1.53. The van der Waals surface area contributed by atoms with Crippen LogP contribution in [-0.4, -0.2) is 52.4 Å². The Balaban J connectivity index is 1.84. The fourth-order valence-corrected chi connectivity index (χ4v) is 4.61. The molecule has 0 bridgehead atoms. The maximum absolute atomic E-state index is 13.1. The van der Waals surface area contributed by atoms with Crippen molar-refractivity contribution >= 4 is 17.8 Å². The molecule has 0 unspecified atom stereocenters. The zero-order chi connectivity index (χ0) is 18.7. The van der Waals surface area contributed by atoms with E-state index in [1.165, 1.54) is 13.2 Å². The first kappa shape index (κ1) is 18.4. The average molecular weight is 359 g/mol. The number of carboxylic acid groups (broad SMARTS) is 1. The Kier molecular flexibility index (Phi) is 5.25. The minimum Gasteiger partial charge on any atom is -0.481 e. The number of hydrogen-bond donors (Lipinski definition) is 2. The summed E-state index contributed by atoms with van der Waals surface area (Å²) < 4.78 is 0. The third kappa shape index (κ3) is 3.43. The molecule has 7 nitrogen and oxygen atoms in total. The van der Waals surface area contributed by atoms with E-state index in [0.717, 1.165) is 38.5 Å². The summed E-state index contributed by atoms with van der Waals surface area (Å²) in [5.74, 6) is -1.21. The highest BCUT2D eigenvalue weighted by Gasteiger charge is 2.48. The number of aliphatic carboxylic acids is 1. The number of pyridine rings is 1. The summed E-state index contributed by atoms with van der Waals surface area (Å²) in [6, 6.07) is 3.13. The van der Waals surface area contributed by atoms with Gasteiger partial charge in [-0.2, -0.15) is 0 Å². The normalized spacial score (nSPS) is 25.3. The predicted octanol–water partition coefficient (Wildman–Crippen LogP) is 2.08. The number of hydrogen-bond acceptors (Lipinski definition) is 4. The molecule has 26 heavy (non-hydrogen) atoms. The monoisotopic (exact) mass is 359 g/mol. The number of aromatic nitrogens is 1. The SMILES string of the molecule is CNC(=O)c1ccc(C(=O)N2CCC[C@@]3(CC(=O)O)CCCC[C@@H]23)cn1. The summed E-state index contributed by atoms with van der Waals surface area (Å²) >= 11 is 0. The van der Waals surface area contributed by atoms with Gasteiger partial charge in [-0.1, -0.05) is 12.8 Å². The van der Waals surface area contributed by atoms with Crippen LogP contribution < -0.4 is 5.32 Å². The first-order valence-electron chi connectivity index (χ1n) is 9.18. The first-order valence-corrected chi connectivity index (χ1v) is 9.18. The molecule has 0 radical (unpaired) electrons. The summed E-state index contributed by atoms with van der Waals surface area (Å²) in [5, 5.41) is 11.9. The van der Waals surface area contributed by atoms with E-state index in [1.54, 1.807) is 12.1 Å². The Morgan fingerprint density at radius 2 is 2.04 bits per heavy atom. The van der Waals surface area contributed by atoms with Crippen molar-refractivity contribution in [2.75, 3.05) is 13.6 Å². The third-order valence-electron chi connectivity index (χ3n) is 5.79. The van der Waals surface area contributed by atoms with E-state index < -0.39 is 5.97 Å². The maximum atomic E-state index is 13.1. The molecule has 0 spiro atoms. The van der Waals surface area contributed by atoms with Crippen molar-refractivity contribution in [1.82, 2.24) is 15.2 Å². The fourth-order valence-electron chi connectivity index (χ4n) is 4.61. The number of carboxylic acids is 1. The summed E-state index contributed by atoms with van der Waals surface area (Å²) in [6.45, 7) is 0.641. The average Bonchev–Trinajstić information content (AvgIpc) is 2.65. The molecule has 2 fully saturated rings. The van der Waals surface area contributed by atoms with Gasteiger partial charge in [-0.15, -0.1) is 0 Å². The van der Waals surface area contributed by atoms with E-state index >= 15 is 0 Å². The molecule has 0 aromatic carbocycles. The Bertz CT molecular complexity index is 699. The van der Waals surface area contributed by atoms with Gasteiger partial charge in [0.2, 0.25) is 0 Å². The van der Waals surface area contributed by atoms with Gasteiger partial charge in [-0.05, 0) is 37.8 Å². The largest absolute Gasteiger partial charge is 0.481 e. The Morgan fingerprint density at radius 1 is 1.27 bits per heavy atom. The van der Waals surface area contributed by atoms with Crippen molar-refractivity contribution in [3.05, 3.63) is 29.6 Å². The molecule has 1 saturated heterocycles. The van der Waals surface area contributed by atoms with Crippen molar-refractivity contribution in [3.63, 3.8) is 0 Å². The number of nitrogens with one attached hydrogen (secondary N) is 1. The van der Waals surface area contributed by atoms with Gasteiger partial charge in [0.15, 0.2) is 0 Å². The Morgan fingerprint density at radius 3 is 2.69 bits per heavy atom. The van der Waals surface area contributed by atoms with Gasteiger partial charge in [0.1, 0.15) is 5.69 Å². The van der Waals surface area contributed by atoms with Gasteiger partial charge in [0, 0.05) is 31.2 Å². The van der Waals surface area contributed by atoms with E-state index in [-0.39, 0.29) is 35.4 Å². The van der Waals surface area contributed by atoms with E-state index in [4.69, 9.17) is 0 Å². The lowest BCUT2D eigenvalue weighted by Crippen LogP contribution is -2.56. The predicted molar refractivity (Wildman–Crippen MR) is 94.8 cm³/mol. The molecule has 1 aromatic rings. The molecule has 1 aromatic heterocycles. The number of nitrogens with zero attached hydrogens (tertiary/aromatic N) is 2. The van der Waals surface area contributed by atoms with Crippen LogP contribution in [0.5, 0.6) is 0 Å². The van der Waals surface area contributed by atoms with Crippen LogP contribution in [0.3, 0.4) is 0 Å². The minimum absolute atomic E-state index is 0.0350. The number of likely N-dealkylation sites (tertiary alicyclic amines) is 1. The van der Waals surface area contributed by atoms with Gasteiger partial charge >= 0.3 is 5.97 Å². The van der Waals surface area contributed by atoms with Crippen LogP contribution >= 0.6 is 0 Å². The standard InChI is InChI=1S/C19H25N3O4/c1-20-17(25)14-7-6-13(12-21-14)18(26)22-10-4-9-19(11-16(23)24)8-3-2-5-15(19)22/h6-7,12,15H,2-5,8-11H2,1H3,(H,20,25)(H,23,24)/t15-,19-/m1/s1. The van der Waals surface area contributed by atoms with Gasteiger partial charge < -0.3 is 15.3 Å². The molecular formula is C19H25N3O4. The second kappa shape index (κ2) is 7.43. The smallest absolute Gasteiger partial charge is 0.303 e. The lowest BCUT2D eigenvalue weighted by Gasteiger charge is -2.52. The topological polar surface area (TPSA) is 99.6 Å². The molecule has 3 rings (SSSR count). The van der Waals surface area contributed by atoms with Crippen LogP contribution in [0.1, 0.15) is 65.8 Å². The number of carbonyl (C=O) groups excluding carboxylic acids is 2. The lowest BCUT2D eigenvalue weighted by atomic mass is 9.63. The number of amides is 2. The van der Waals surface area contributed by atoms with Crippen LogP contribution in [0, 0.1) is 5.41 Å².